The van der Waals surface area contributed by atoms with Crippen LogP contribution in [-0.2, 0) is 17.1 Å². The molecule has 2 saturated heterocycles. The number of rotatable bonds is 3. The minimum Gasteiger partial charge on any atom is -0.356 e. The predicted octanol–water partition coefficient (Wildman–Crippen LogP) is 1.95. The first kappa shape index (κ1) is 17.9. The van der Waals surface area contributed by atoms with Crippen LogP contribution in [-0.4, -0.2) is 53.7 Å². The number of nitrogens with zero attached hydrogens (tertiary/aromatic N) is 5. The summed E-state index contributed by atoms with van der Waals surface area (Å²) in [4.78, 5) is 7.09. The molecular formula is C17H22BrN5O2S. The average molecular weight is 440 g/mol. The van der Waals surface area contributed by atoms with E-state index in [9.17, 15) is 8.42 Å². The van der Waals surface area contributed by atoms with Crippen molar-refractivity contribution >= 4 is 31.8 Å². The number of pyridine rings is 1. The molecule has 2 aliphatic heterocycles. The first-order valence-corrected chi connectivity index (χ1v) is 10.9. The van der Waals surface area contributed by atoms with E-state index >= 15 is 0 Å². The van der Waals surface area contributed by atoms with E-state index in [0.717, 1.165) is 23.4 Å². The molecule has 2 aromatic rings. The lowest BCUT2D eigenvalue weighted by Gasteiger charge is -2.22. The fourth-order valence-corrected chi connectivity index (χ4v) is 6.33. The lowest BCUT2D eigenvalue weighted by Crippen LogP contribution is -2.34. The Morgan fingerprint density at radius 1 is 1.12 bits per heavy atom. The van der Waals surface area contributed by atoms with E-state index in [-0.39, 0.29) is 0 Å². The number of halogens is 1. The summed E-state index contributed by atoms with van der Waals surface area (Å²) in [6, 6.07) is 3.99. The van der Waals surface area contributed by atoms with Crippen molar-refractivity contribution in [1.29, 1.82) is 0 Å². The normalized spacial score (nSPS) is 23.6. The van der Waals surface area contributed by atoms with Crippen molar-refractivity contribution in [3.8, 4) is 0 Å². The Hall–Kier alpha value is -1.45. The zero-order chi connectivity index (χ0) is 18.6. The van der Waals surface area contributed by atoms with E-state index < -0.39 is 10.0 Å². The Morgan fingerprint density at radius 3 is 2.27 bits per heavy atom. The van der Waals surface area contributed by atoms with E-state index in [2.05, 4.69) is 30.9 Å². The third-order valence-corrected chi connectivity index (χ3v) is 8.08. The van der Waals surface area contributed by atoms with Gasteiger partial charge in [0.2, 0.25) is 10.0 Å². The average Bonchev–Trinajstić information content (AvgIpc) is 3.20. The maximum absolute atomic E-state index is 13.2. The Kier molecular flexibility index (Phi) is 4.36. The number of hydrogen-bond donors (Lipinski definition) is 0. The Bertz CT molecular complexity index is 927. The summed E-state index contributed by atoms with van der Waals surface area (Å²) in [5.74, 6) is 1.64. The summed E-state index contributed by atoms with van der Waals surface area (Å²) in [6.07, 6.45) is 1.80. The lowest BCUT2D eigenvalue weighted by molar-refractivity contribution is 0.452. The van der Waals surface area contributed by atoms with Crippen molar-refractivity contribution in [3.63, 3.8) is 0 Å². The van der Waals surface area contributed by atoms with Gasteiger partial charge < -0.3 is 4.90 Å². The smallest absolute Gasteiger partial charge is 0.246 e. The van der Waals surface area contributed by atoms with Gasteiger partial charge >= 0.3 is 0 Å². The third-order valence-electron chi connectivity index (χ3n) is 5.53. The lowest BCUT2D eigenvalue weighted by atomic mass is 10.0. The van der Waals surface area contributed by atoms with Gasteiger partial charge in [-0.15, -0.1) is 0 Å². The third kappa shape index (κ3) is 2.86. The van der Waals surface area contributed by atoms with Gasteiger partial charge in [0.05, 0.1) is 11.4 Å². The molecule has 0 aliphatic carbocycles. The van der Waals surface area contributed by atoms with Gasteiger partial charge in [-0.05, 0) is 53.7 Å². The van der Waals surface area contributed by atoms with Crippen LogP contribution in [0.1, 0.15) is 11.4 Å². The first-order chi connectivity index (χ1) is 12.3. The van der Waals surface area contributed by atoms with Crippen molar-refractivity contribution in [1.82, 2.24) is 19.1 Å². The molecule has 7 nitrogen and oxygen atoms in total. The highest BCUT2D eigenvalue weighted by Gasteiger charge is 2.45. The summed E-state index contributed by atoms with van der Waals surface area (Å²) >= 11 is 3.41. The van der Waals surface area contributed by atoms with Gasteiger partial charge in [0.15, 0.2) is 0 Å². The highest BCUT2D eigenvalue weighted by Crippen LogP contribution is 2.36. The SMILES string of the molecule is Cc1nn(C)c(C)c1S(=O)(=O)N1CC2CN(c3ccc(Br)cn3)CC2C1. The van der Waals surface area contributed by atoms with Gasteiger partial charge in [-0.1, -0.05) is 0 Å². The van der Waals surface area contributed by atoms with E-state index in [1.165, 1.54) is 0 Å². The van der Waals surface area contributed by atoms with Gasteiger partial charge in [0, 0.05) is 43.9 Å². The Balaban J connectivity index is 1.51. The van der Waals surface area contributed by atoms with E-state index in [1.54, 1.807) is 29.2 Å². The van der Waals surface area contributed by atoms with E-state index in [1.807, 2.05) is 19.1 Å². The molecule has 4 rings (SSSR count). The second-order valence-corrected chi connectivity index (χ2v) is 10.00. The topological polar surface area (TPSA) is 71.3 Å². The molecule has 2 aromatic heterocycles. The van der Waals surface area contributed by atoms with E-state index in [0.29, 0.717) is 41.2 Å². The quantitative estimate of drug-likeness (QED) is 0.730. The molecule has 0 bridgehead atoms. The minimum absolute atomic E-state index is 0.340. The highest BCUT2D eigenvalue weighted by atomic mass is 79.9. The second kappa shape index (κ2) is 6.31. The van der Waals surface area contributed by atoms with Crippen LogP contribution in [0.5, 0.6) is 0 Å². The van der Waals surface area contributed by atoms with Gasteiger partial charge in [-0.25, -0.2) is 13.4 Å². The van der Waals surface area contributed by atoms with Crippen LogP contribution in [0.2, 0.25) is 0 Å². The molecule has 2 fully saturated rings. The molecule has 2 unspecified atom stereocenters. The standard InChI is InChI=1S/C17H22BrN5O2S/c1-11-17(12(2)21(3)20-11)26(24,25)23-9-13-7-22(8-14(13)10-23)16-5-4-15(18)6-19-16/h4-6,13-14H,7-10H2,1-3H3. The largest absolute Gasteiger partial charge is 0.356 e. The van der Waals surface area contributed by atoms with Crippen LogP contribution < -0.4 is 4.90 Å². The maximum atomic E-state index is 13.2. The molecule has 0 N–H and O–H groups in total. The van der Waals surface area contributed by atoms with Crippen LogP contribution in [0.25, 0.3) is 0 Å². The van der Waals surface area contributed by atoms with E-state index in [4.69, 9.17) is 0 Å². The van der Waals surface area contributed by atoms with Crippen molar-refractivity contribution < 1.29 is 8.42 Å². The van der Waals surface area contributed by atoms with Crippen molar-refractivity contribution in [2.24, 2.45) is 18.9 Å². The maximum Gasteiger partial charge on any atom is 0.246 e. The molecule has 2 atom stereocenters. The zero-order valence-corrected chi connectivity index (χ0v) is 17.5. The number of anilines is 1. The summed E-state index contributed by atoms with van der Waals surface area (Å²) in [6.45, 7) is 6.39. The van der Waals surface area contributed by atoms with Crippen molar-refractivity contribution in [3.05, 3.63) is 34.2 Å². The van der Waals surface area contributed by atoms with Gasteiger partial charge in [-0.3, -0.25) is 4.68 Å². The molecule has 9 heteroatoms. The molecule has 4 heterocycles. The fourth-order valence-electron chi connectivity index (χ4n) is 4.15. The molecule has 0 saturated carbocycles. The van der Waals surface area contributed by atoms with Gasteiger partial charge in [0.1, 0.15) is 10.7 Å². The minimum atomic E-state index is -3.50. The molecule has 0 aromatic carbocycles. The van der Waals surface area contributed by atoms with Gasteiger partial charge in [0.25, 0.3) is 0 Å². The molecule has 0 amide bonds. The monoisotopic (exact) mass is 439 g/mol. The summed E-state index contributed by atoms with van der Waals surface area (Å²) < 4.78 is 30.5. The number of aromatic nitrogens is 3. The summed E-state index contributed by atoms with van der Waals surface area (Å²) in [5, 5.41) is 4.27. The number of fused-ring (bicyclic) bond motifs is 1. The van der Waals surface area contributed by atoms with Crippen LogP contribution in [0, 0.1) is 25.7 Å². The number of hydrogen-bond acceptors (Lipinski definition) is 5. The predicted molar refractivity (Wildman–Crippen MR) is 103 cm³/mol. The first-order valence-electron chi connectivity index (χ1n) is 8.64. The fraction of sp³-hybridized carbons (Fsp3) is 0.529. The number of aryl methyl sites for hydroxylation is 2. The summed E-state index contributed by atoms with van der Waals surface area (Å²) in [5.41, 5.74) is 1.27. The van der Waals surface area contributed by atoms with Crippen LogP contribution in [0.3, 0.4) is 0 Å². The molecular weight excluding hydrogens is 418 g/mol. The second-order valence-electron chi connectivity index (χ2n) is 7.21. The van der Waals surface area contributed by atoms with Gasteiger partial charge in [-0.2, -0.15) is 9.40 Å². The molecule has 2 aliphatic rings. The van der Waals surface area contributed by atoms with Crippen molar-refractivity contribution in [2.45, 2.75) is 18.7 Å². The highest BCUT2D eigenvalue weighted by molar-refractivity contribution is 9.10. The number of sulfonamides is 1. The zero-order valence-electron chi connectivity index (χ0n) is 15.1. The molecule has 0 radical (unpaired) electrons. The molecule has 0 spiro atoms. The Labute approximate surface area is 162 Å². The molecule has 26 heavy (non-hydrogen) atoms. The summed E-state index contributed by atoms with van der Waals surface area (Å²) in [7, 11) is -1.72. The Morgan fingerprint density at radius 2 is 1.77 bits per heavy atom. The van der Waals surface area contributed by atoms with Crippen molar-refractivity contribution in [2.75, 3.05) is 31.1 Å². The van der Waals surface area contributed by atoms with Crippen LogP contribution in [0.4, 0.5) is 5.82 Å². The van der Waals surface area contributed by atoms with Crippen LogP contribution >= 0.6 is 15.9 Å². The molecule has 140 valence electrons. The van der Waals surface area contributed by atoms with Crippen LogP contribution in [0.15, 0.2) is 27.7 Å².